The Hall–Kier alpha value is -1.13. The first kappa shape index (κ1) is 17.9. The number of hydrogen-bond acceptors (Lipinski definition) is 4. The summed E-state index contributed by atoms with van der Waals surface area (Å²) >= 11 is 0. The maximum absolute atomic E-state index is 5.23. The number of anilines is 1. The minimum absolute atomic E-state index is 0.465. The van der Waals surface area contributed by atoms with E-state index in [1.165, 1.54) is 5.56 Å². The number of pyridine rings is 1. The second-order valence-electron chi connectivity index (χ2n) is 5.89. The van der Waals surface area contributed by atoms with Gasteiger partial charge in [-0.3, -0.25) is 0 Å². The molecule has 1 aromatic heterocycles. The molecule has 0 aliphatic carbocycles. The fraction of sp³-hybridized carbons (Fsp3) is 0.706. The molecule has 0 aliphatic rings. The summed E-state index contributed by atoms with van der Waals surface area (Å²) in [5.74, 6) is 1.05. The van der Waals surface area contributed by atoms with E-state index in [0.717, 1.165) is 37.6 Å². The smallest absolute Gasteiger partial charge is 0.129 e. The van der Waals surface area contributed by atoms with Crippen LogP contribution in [0.5, 0.6) is 0 Å². The van der Waals surface area contributed by atoms with Crippen LogP contribution in [-0.2, 0) is 11.3 Å². The molecule has 1 unspecified atom stereocenters. The van der Waals surface area contributed by atoms with Crippen LogP contribution in [0.2, 0.25) is 0 Å². The maximum atomic E-state index is 5.23. The quantitative estimate of drug-likeness (QED) is 0.759. The van der Waals surface area contributed by atoms with Crippen LogP contribution in [0.1, 0.15) is 45.4 Å². The summed E-state index contributed by atoms with van der Waals surface area (Å²) in [5.41, 5.74) is 2.37. The van der Waals surface area contributed by atoms with E-state index in [2.05, 4.69) is 57.0 Å². The highest BCUT2D eigenvalue weighted by Gasteiger charge is 2.15. The molecule has 120 valence electrons. The van der Waals surface area contributed by atoms with E-state index in [-0.39, 0.29) is 0 Å². The van der Waals surface area contributed by atoms with Crippen molar-refractivity contribution in [2.75, 3.05) is 25.2 Å². The maximum Gasteiger partial charge on any atom is 0.129 e. The molecule has 1 N–H and O–H groups in total. The largest absolute Gasteiger partial charge is 0.383 e. The van der Waals surface area contributed by atoms with Gasteiger partial charge in [-0.05, 0) is 31.9 Å². The van der Waals surface area contributed by atoms with Crippen molar-refractivity contribution in [3.05, 3.63) is 23.4 Å². The third-order valence-electron chi connectivity index (χ3n) is 3.83. The second-order valence-corrected chi connectivity index (χ2v) is 5.89. The summed E-state index contributed by atoms with van der Waals surface area (Å²) < 4.78 is 5.23. The number of ether oxygens (including phenoxy) is 1. The summed E-state index contributed by atoms with van der Waals surface area (Å²) in [6.07, 6.45) is 1.10. The van der Waals surface area contributed by atoms with Crippen LogP contribution < -0.4 is 10.2 Å². The van der Waals surface area contributed by atoms with Crippen LogP contribution >= 0.6 is 0 Å². The molecular formula is C17H31N3O. The first-order valence-corrected chi connectivity index (χ1v) is 7.95. The third kappa shape index (κ3) is 5.64. The summed E-state index contributed by atoms with van der Waals surface area (Å²) in [7, 11) is 1.74. The number of nitrogens with one attached hydrogen (secondary N) is 1. The van der Waals surface area contributed by atoms with Gasteiger partial charge in [-0.25, -0.2) is 4.98 Å². The molecule has 0 saturated heterocycles. The summed E-state index contributed by atoms with van der Waals surface area (Å²) in [5, 5.41) is 3.45. The second kappa shape index (κ2) is 9.00. The average molecular weight is 293 g/mol. The summed E-state index contributed by atoms with van der Waals surface area (Å²) in [4.78, 5) is 7.13. The Labute approximate surface area is 129 Å². The lowest BCUT2D eigenvalue weighted by Crippen LogP contribution is -2.36. The van der Waals surface area contributed by atoms with Gasteiger partial charge < -0.3 is 15.0 Å². The Morgan fingerprint density at radius 1 is 1.29 bits per heavy atom. The molecule has 4 heteroatoms. The SMILES string of the molecule is CCC(C)N(CCOC)c1ccc(CNC(C)C)c(C)n1. The molecule has 21 heavy (non-hydrogen) atoms. The van der Waals surface area contributed by atoms with Gasteiger partial charge in [-0.15, -0.1) is 0 Å². The van der Waals surface area contributed by atoms with Crippen molar-refractivity contribution in [3.8, 4) is 0 Å². The van der Waals surface area contributed by atoms with E-state index in [4.69, 9.17) is 9.72 Å². The van der Waals surface area contributed by atoms with Gasteiger partial charge in [0.2, 0.25) is 0 Å². The zero-order chi connectivity index (χ0) is 15.8. The van der Waals surface area contributed by atoms with Crippen LogP contribution in [0.15, 0.2) is 12.1 Å². The van der Waals surface area contributed by atoms with Crippen LogP contribution in [0.25, 0.3) is 0 Å². The number of nitrogens with zero attached hydrogens (tertiary/aromatic N) is 2. The molecule has 0 bridgehead atoms. The lowest BCUT2D eigenvalue weighted by molar-refractivity contribution is 0.203. The number of rotatable bonds is 9. The highest BCUT2D eigenvalue weighted by atomic mass is 16.5. The van der Waals surface area contributed by atoms with E-state index < -0.39 is 0 Å². The molecule has 1 aromatic rings. The fourth-order valence-electron chi connectivity index (χ4n) is 2.21. The number of methoxy groups -OCH3 is 1. The standard InChI is InChI=1S/C17H31N3O/c1-7-14(4)20(10-11-21-6)17-9-8-16(15(5)19-17)12-18-13(2)3/h8-9,13-14,18H,7,10-12H2,1-6H3. The Morgan fingerprint density at radius 2 is 2.00 bits per heavy atom. The molecule has 1 atom stereocenters. The number of aromatic nitrogens is 1. The van der Waals surface area contributed by atoms with E-state index in [9.17, 15) is 0 Å². The zero-order valence-corrected chi connectivity index (χ0v) is 14.4. The molecule has 1 heterocycles. The van der Waals surface area contributed by atoms with Crippen molar-refractivity contribution >= 4 is 5.82 Å². The van der Waals surface area contributed by atoms with Crippen molar-refractivity contribution in [1.82, 2.24) is 10.3 Å². The molecule has 0 amide bonds. The van der Waals surface area contributed by atoms with Crippen molar-refractivity contribution in [2.45, 2.75) is 59.7 Å². The molecule has 0 saturated carbocycles. The molecule has 0 aromatic carbocycles. The monoisotopic (exact) mass is 293 g/mol. The number of aryl methyl sites for hydroxylation is 1. The van der Waals surface area contributed by atoms with Crippen LogP contribution in [-0.4, -0.2) is 37.3 Å². The highest BCUT2D eigenvalue weighted by Crippen LogP contribution is 2.18. The zero-order valence-electron chi connectivity index (χ0n) is 14.4. The van der Waals surface area contributed by atoms with E-state index in [1.54, 1.807) is 7.11 Å². The Morgan fingerprint density at radius 3 is 2.52 bits per heavy atom. The average Bonchev–Trinajstić information content (AvgIpc) is 2.46. The van der Waals surface area contributed by atoms with Gasteiger partial charge in [-0.1, -0.05) is 26.8 Å². The van der Waals surface area contributed by atoms with Gasteiger partial charge in [-0.2, -0.15) is 0 Å². The molecule has 1 rings (SSSR count). The van der Waals surface area contributed by atoms with Crippen molar-refractivity contribution in [2.24, 2.45) is 0 Å². The lowest BCUT2D eigenvalue weighted by atomic mass is 10.1. The minimum atomic E-state index is 0.465. The van der Waals surface area contributed by atoms with Crippen LogP contribution in [0, 0.1) is 6.92 Å². The predicted octanol–water partition coefficient (Wildman–Crippen LogP) is 3.14. The molecule has 0 radical (unpaired) electrons. The summed E-state index contributed by atoms with van der Waals surface area (Å²) in [6, 6.07) is 5.27. The van der Waals surface area contributed by atoms with E-state index in [0.29, 0.717) is 12.1 Å². The Bertz CT molecular complexity index is 420. The molecule has 0 fully saturated rings. The van der Waals surface area contributed by atoms with Gasteiger partial charge in [0.25, 0.3) is 0 Å². The van der Waals surface area contributed by atoms with Gasteiger partial charge in [0.1, 0.15) is 5.82 Å². The fourth-order valence-corrected chi connectivity index (χ4v) is 2.21. The summed E-state index contributed by atoms with van der Waals surface area (Å²) in [6.45, 7) is 13.3. The number of hydrogen-bond donors (Lipinski definition) is 1. The molecular weight excluding hydrogens is 262 g/mol. The first-order chi connectivity index (χ1) is 9.99. The van der Waals surface area contributed by atoms with Crippen molar-refractivity contribution < 1.29 is 4.74 Å². The van der Waals surface area contributed by atoms with Crippen LogP contribution in [0.4, 0.5) is 5.82 Å². The van der Waals surface area contributed by atoms with Gasteiger partial charge >= 0.3 is 0 Å². The first-order valence-electron chi connectivity index (χ1n) is 7.95. The Kier molecular flexibility index (Phi) is 7.68. The van der Waals surface area contributed by atoms with E-state index >= 15 is 0 Å². The molecule has 4 nitrogen and oxygen atoms in total. The van der Waals surface area contributed by atoms with Crippen molar-refractivity contribution in [3.63, 3.8) is 0 Å². The van der Waals surface area contributed by atoms with Gasteiger partial charge in [0, 0.05) is 38.0 Å². The third-order valence-corrected chi connectivity index (χ3v) is 3.83. The van der Waals surface area contributed by atoms with Crippen LogP contribution in [0.3, 0.4) is 0 Å². The van der Waals surface area contributed by atoms with Gasteiger partial charge in [0.05, 0.1) is 6.61 Å². The predicted molar refractivity (Wildman–Crippen MR) is 89.9 cm³/mol. The lowest BCUT2D eigenvalue weighted by Gasteiger charge is -2.30. The van der Waals surface area contributed by atoms with E-state index in [1.807, 2.05) is 0 Å². The Balaban J connectivity index is 2.87. The minimum Gasteiger partial charge on any atom is -0.383 e. The topological polar surface area (TPSA) is 37.4 Å². The normalized spacial score (nSPS) is 12.7. The highest BCUT2D eigenvalue weighted by molar-refractivity contribution is 5.42. The molecule has 0 aliphatic heterocycles. The van der Waals surface area contributed by atoms with Crippen molar-refractivity contribution in [1.29, 1.82) is 0 Å². The van der Waals surface area contributed by atoms with Gasteiger partial charge in [0.15, 0.2) is 0 Å². The molecule has 0 spiro atoms.